The Bertz CT molecular complexity index is 563. The van der Waals surface area contributed by atoms with Crippen molar-refractivity contribution in [2.45, 2.75) is 37.9 Å². The maximum absolute atomic E-state index is 12.6. The first-order valence-electron chi connectivity index (χ1n) is 6.22. The zero-order chi connectivity index (χ0) is 14.2. The highest BCUT2D eigenvalue weighted by molar-refractivity contribution is 7.89. The molecule has 1 saturated heterocycles. The van der Waals surface area contributed by atoms with Gasteiger partial charge in [0.25, 0.3) is 0 Å². The monoisotopic (exact) mass is 303 g/mol. The second kappa shape index (κ2) is 5.40. The number of hydrogen-bond donors (Lipinski definition) is 0. The van der Waals surface area contributed by atoms with Crippen molar-refractivity contribution >= 4 is 21.6 Å². The summed E-state index contributed by atoms with van der Waals surface area (Å²) in [6.07, 6.45) is -0.182. The van der Waals surface area contributed by atoms with Crippen LogP contribution in [0.3, 0.4) is 0 Å². The molecule has 2 atom stereocenters. The van der Waals surface area contributed by atoms with Crippen LogP contribution in [-0.2, 0) is 14.8 Å². The molecule has 1 heterocycles. The fourth-order valence-electron chi connectivity index (χ4n) is 2.25. The van der Waals surface area contributed by atoms with Gasteiger partial charge in [-0.15, -0.1) is 0 Å². The van der Waals surface area contributed by atoms with E-state index >= 15 is 0 Å². The SMILES string of the molecule is Cc1cc(S(=O)(=O)N2C[C@@H](C)O[C@@H](C)C2)ccc1Cl. The third-order valence-corrected chi connectivity index (χ3v) is 5.41. The van der Waals surface area contributed by atoms with Crippen molar-refractivity contribution in [2.75, 3.05) is 13.1 Å². The maximum Gasteiger partial charge on any atom is 0.243 e. The van der Waals surface area contributed by atoms with Crippen molar-refractivity contribution in [1.29, 1.82) is 0 Å². The zero-order valence-corrected chi connectivity index (χ0v) is 12.8. The highest BCUT2D eigenvalue weighted by Crippen LogP contribution is 2.24. The summed E-state index contributed by atoms with van der Waals surface area (Å²) in [4.78, 5) is 0.288. The fourth-order valence-corrected chi connectivity index (χ4v) is 4.05. The van der Waals surface area contributed by atoms with Gasteiger partial charge in [-0.1, -0.05) is 11.6 Å². The Labute approximate surface area is 119 Å². The molecule has 106 valence electrons. The predicted octanol–water partition coefficient (Wildman–Crippen LogP) is 2.45. The van der Waals surface area contributed by atoms with Gasteiger partial charge in [0.15, 0.2) is 0 Å². The van der Waals surface area contributed by atoms with Crippen LogP contribution in [-0.4, -0.2) is 38.0 Å². The molecule has 4 nitrogen and oxygen atoms in total. The quantitative estimate of drug-likeness (QED) is 0.843. The van der Waals surface area contributed by atoms with E-state index < -0.39 is 10.0 Å². The van der Waals surface area contributed by atoms with Gasteiger partial charge in [-0.25, -0.2) is 8.42 Å². The van der Waals surface area contributed by atoms with Gasteiger partial charge in [-0.2, -0.15) is 4.31 Å². The van der Waals surface area contributed by atoms with Crippen LogP contribution in [0.15, 0.2) is 23.1 Å². The van der Waals surface area contributed by atoms with Crippen molar-refractivity contribution in [1.82, 2.24) is 4.31 Å². The molecule has 0 amide bonds. The summed E-state index contributed by atoms with van der Waals surface area (Å²) < 4.78 is 32.2. The van der Waals surface area contributed by atoms with E-state index in [9.17, 15) is 8.42 Å². The molecule has 0 saturated carbocycles. The number of ether oxygens (including phenoxy) is 1. The van der Waals surface area contributed by atoms with Crippen LogP contribution in [0.2, 0.25) is 5.02 Å². The highest BCUT2D eigenvalue weighted by Gasteiger charge is 2.32. The largest absolute Gasteiger partial charge is 0.373 e. The molecule has 1 aromatic rings. The van der Waals surface area contributed by atoms with Crippen molar-refractivity contribution in [3.63, 3.8) is 0 Å². The molecule has 0 aliphatic carbocycles. The second-order valence-electron chi connectivity index (χ2n) is 4.99. The molecule has 1 aliphatic heterocycles. The van der Waals surface area contributed by atoms with Crippen LogP contribution < -0.4 is 0 Å². The Morgan fingerprint density at radius 3 is 2.37 bits per heavy atom. The lowest BCUT2D eigenvalue weighted by atomic mass is 10.2. The lowest BCUT2D eigenvalue weighted by Crippen LogP contribution is -2.48. The molecule has 1 fully saturated rings. The number of benzene rings is 1. The zero-order valence-electron chi connectivity index (χ0n) is 11.3. The molecular weight excluding hydrogens is 286 g/mol. The first-order chi connectivity index (χ1) is 8.80. The molecule has 0 unspecified atom stereocenters. The number of sulfonamides is 1. The Kier molecular flexibility index (Phi) is 4.20. The Morgan fingerprint density at radius 1 is 1.26 bits per heavy atom. The second-order valence-corrected chi connectivity index (χ2v) is 7.34. The number of aryl methyl sites for hydroxylation is 1. The summed E-state index contributed by atoms with van der Waals surface area (Å²) in [5.41, 5.74) is 0.761. The molecule has 0 bridgehead atoms. The van der Waals surface area contributed by atoms with E-state index in [-0.39, 0.29) is 17.1 Å². The lowest BCUT2D eigenvalue weighted by Gasteiger charge is -2.34. The topological polar surface area (TPSA) is 46.6 Å². The van der Waals surface area contributed by atoms with Crippen molar-refractivity contribution in [2.24, 2.45) is 0 Å². The molecule has 0 radical (unpaired) electrons. The van der Waals surface area contributed by atoms with E-state index in [0.717, 1.165) is 5.56 Å². The summed E-state index contributed by atoms with van der Waals surface area (Å²) in [7, 11) is -3.47. The van der Waals surface area contributed by atoms with Gasteiger partial charge in [0.1, 0.15) is 0 Å². The predicted molar refractivity (Wildman–Crippen MR) is 75.0 cm³/mol. The fraction of sp³-hybridized carbons (Fsp3) is 0.538. The van der Waals surface area contributed by atoms with E-state index in [2.05, 4.69) is 0 Å². The summed E-state index contributed by atoms with van der Waals surface area (Å²) in [5.74, 6) is 0. The van der Waals surface area contributed by atoms with Gasteiger partial charge in [-0.05, 0) is 44.5 Å². The van der Waals surface area contributed by atoms with Crippen LogP contribution in [0.5, 0.6) is 0 Å². The number of halogens is 1. The van der Waals surface area contributed by atoms with Crippen LogP contribution in [0.4, 0.5) is 0 Å². The molecule has 0 aromatic heterocycles. The summed E-state index contributed by atoms with van der Waals surface area (Å²) in [6.45, 7) is 6.32. The van der Waals surface area contributed by atoms with E-state index in [1.807, 2.05) is 13.8 Å². The summed E-state index contributed by atoms with van der Waals surface area (Å²) >= 11 is 5.93. The lowest BCUT2D eigenvalue weighted by molar-refractivity contribution is -0.0440. The van der Waals surface area contributed by atoms with E-state index in [4.69, 9.17) is 16.3 Å². The minimum absolute atomic E-state index is 0.0908. The molecule has 2 rings (SSSR count). The Morgan fingerprint density at radius 2 is 1.84 bits per heavy atom. The van der Waals surface area contributed by atoms with Crippen LogP contribution in [0.25, 0.3) is 0 Å². The van der Waals surface area contributed by atoms with Gasteiger partial charge >= 0.3 is 0 Å². The van der Waals surface area contributed by atoms with Crippen LogP contribution in [0.1, 0.15) is 19.4 Å². The van der Waals surface area contributed by atoms with Crippen molar-refractivity contribution in [3.8, 4) is 0 Å². The molecule has 6 heteroatoms. The van der Waals surface area contributed by atoms with E-state index in [1.165, 1.54) is 4.31 Å². The minimum atomic E-state index is -3.47. The number of rotatable bonds is 2. The number of morpholine rings is 1. The third kappa shape index (κ3) is 3.11. The number of hydrogen-bond acceptors (Lipinski definition) is 3. The van der Waals surface area contributed by atoms with Gasteiger partial charge < -0.3 is 4.74 Å². The Balaban J connectivity index is 2.33. The molecule has 1 aromatic carbocycles. The first kappa shape index (κ1) is 14.8. The highest BCUT2D eigenvalue weighted by atomic mass is 35.5. The number of nitrogens with zero attached hydrogens (tertiary/aromatic N) is 1. The average molecular weight is 304 g/mol. The molecule has 19 heavy (non-hydrogen) atoms. The van der Waals surface area contributed by atoms with Crippen molar-refractivity contribution in [3.05, 3.63) is 28.8 Å². The summed E-state index contributed by atoms with van der Waals surface area (Å²) in [6, 6.07) is 4.79. The van der Waals surface area contributed by atoms with E-state index in [1.54, 1.807) is 25.1 Å². The Hall–Kier alpha value is -0.620. The maximum atomic E-state index is 12.6. The first-order valence-corrected chi connectivity index (χ1v) is 8.04. The van der Waals surface area contributed by atoms with Crippen LogP contribution in [0, 0.1) is 6.92 Å². The standard InChI is InChI=1S/C13H18ClNO3S/c1-9-6-12(4-5-13(9)14)19(16,17)15-7-10(2)18-11(3)8-15/h4-6,10-11H,7-8H2,1-3H3/t10-,11+. The smallest absolute Gasteiger partial charge is 0.243 e. The third-order valence-electron chi connectivity index (χ3n) is 3.15. The van der Waals surface area contributed by atoms with E-state index in [0.29, 0.717) is 18.1 Å². The molecule has 0 N–H and O–H groups in total. The molecule has 1 aliphatic rings. The van der Waals surface area contributed by atoms with Gasteiger partial charge in [0.05, 0.1) is 17.1 Å². The van der Waals surface area contributed by atoms with Gasteiger partial charge in [0.2, 0.25) is 10.0 Å². The summed E-state index contributed by atoms with van der Waals surface area (Å²) in [5, 5.41) is 0.572. The van der Waals surface area contributed by atoms with Gasteiger partial charge in [0, 0.05) is 18.1 Å². The minimum Gasteiger partial charge on any atom is -0.373 e. The van der Waals surface area contributed by atoms with Gasteiger partial charge in [-0.3, -0.25) is 0 Å². The molecular formula is C13H18ClNO3S. The van der Waals surface area contributed by atoms with Crippen molar-refractivity contribution < 1.29 is 13.2 Å². The average Bonchev–Trinajstić information content (AvgIpc) is 2.31. The normalized spacial score (nSPS) is 25.5. The molecule has 0 spiro atoms. The van der Waals surface area contributed by atoms with Crippen LogP contribution >= 0.6 is 11.6 Å².